The summed E-state index contributed by atoms with van der Waals surface area (Å²) in [5, 5.41) is 5.24. The molecule has 0 heterocycles. The fourth-order valence-electron chi connectivity index (χ4n) is 2.38. The highest BCUT2D eigenvalue weighted by atomic mass is 32.2. The smallest absolute Gasteiger partial charge is 0.245 e. The Kier molecular flexibility index (Phi) is 6.40. The van der Waals surface area contributed by atoms with Crippen LogP contribution in [0, 0.1) is 0 Å². The van der Waals surface area contributed by atoms with Gasteiger partial charge < -0.3 is 15.4 Å². The molecule has 0 bridgehead atoms. The maximum absolute atomic E-state index is 12.4. The Morgan fingerprint density at radius 1 is 1.04 bits per heavy atom. The van der Waals surface area contributed by atoms with E-state index in [2.05, 4.69) is 10.6 Å². The maximum atomic E-state index is 12.4. The summed E-state index contributed by atoms with van der Waals surface area (Å²) in [6, 6.07) is 13.0. The number of nitrogens with one attached hydrogen (secondary N) is 2. The van der Waals surface area contributed by atoms with Crippen molar-refractivity contribution >= 4 is 38.9 Å². The minimum atomic E-state index is -3.70. The van der Waals surface area contributed by atoms with Crippen LogP contribution < -0.4 is 19.7 Å². The van der Waals surface area contributed by atoms with Gasteiger partial charge in [-0.05, 0) is 36.4 Å². The summed E-state index contributed by atoms with van der Waals surface area (Å²) in [5.41, 5.74) is 1.28. The van der Waals surface area contributed by atoms with Crippen molar-refractivity contribution in [3.05, 3.63) is 48.5 Å². The molecule has 9 heteroatoms. The molecule has 0 radical (unpaired) electrons. The quantitative estimate of drug-likeness (QED) is 0.752. The largest absolute Gasteiger partial charge is 0.495 e. The van der Waals surface area contributed by atoms with Crippen molar-refractivity contribution in [2.75, 3.05) is 34.8 Å². The molecule has 0 aliphatic heterocycles. The Morgan fingerprint density at radius 3 is 2.22 bits per heavy atom. The molecule has 0 saturated heterocycles. The van der Waals surface area contributed by atoms with E-state index in [9.17, 15) is 18.0 Å². The molecule has 0 aliphatic rings. The van der Waals surface area contributed by atoms with E-state index in [4.69, 9.17) is 4.74 Å². The number of carbonyl (C=O) groups excluding carboxylic acids is 2. The van der Waals surface area contributed by atoms with Crippen LogP contribution in [0.1, 0.15) is 6.92 Å². The maximum Gasteiger partial charge on any atom is 0.245 e. The van der Waals surface area contributed by atoms with Gasteiger partial charge in [-0.25, -0.2) is 8.42 Å². The Labute approximate surface area is 158 Å². The van der Waals surface area contributed by atoms with Gasteiger partial charge in [0.25, 0.3) is 0 Å². The molecule has 2 aromatic carbocycles. The summed E-state index contributed by atoms with van der Waals surface area (Å²) in [7, 11) is -2.23. The summed E-state index contributed by atoms with van der Waals surface area (Å²) in [6.45, 7) is 0.968. The van der Waals surface area contributed by atoms with E-state index in [0.29, 0.717) is 22.8 Å². The van der Waals surface area contributed by atoms with Crippen LogP contribution in [0.5, 0.6) is 5.75 Å². The topological polar surface area (TPSA) is 105 Å². The van der Waals surface area contributed by atoms with Crippen molar-refractivity contribution in [1.82, 2.24) is 0 Å². The van der Waals surface area contributed by atoms with Gasteiger partial charge in [0.05, 0.1) is 24.7 Å². The van der Waals surface area contributed by atoms with E-state index in [-0.39, 0.29) is 5.91 Å². The van der Waals surface area contributed by atoms with Gasteiger partial charge in [0, 0.05) is 12.6 Å². The fraction of sp³-hybridized carbons (Fsp3) is 0.222. The van der Waals surface area contributed by atoms with Gasteiger partial charge in [0.2, 0.25) is 21.8 Å². The predicted molar refractivity (Wildman–Crippen MR) is 105 cm³/mol. The monoisotopic (exact) mass is 391 g/mol. The first-order chi connectivity index (χ1) is 12.7. The average Bonchev–Trinajstić information content (AvgIpc) is 2.59. The number of amides is 2. The number of carbonyl (C=O) groups is 2. The number of methoxy groups -OCH3 is 1. The normalized spacial score (nSPS) is 10.8. The van der Waals surface area contributed by atoms with Crippen LogP contribution in [-0.4, -0.2) is 40.1 Å². The molecule has 2 amide bonds. The van der Waals surface area contributed by atoms with E-state index in [1.54, 1.807) is 36.4 Å². The molecule has 2 rings (SSSR count). The molecule has 0 unspecified atom stereocenters. The lowest BCUT2D eigenvalue weighted by Gasteiger charge is -2.22. The summed E-state index contributed by atoms with van der Waals surface area (Å²) < 4.78 is 30.5. The van der Waals surface area contributed by atoms with Crippen LogP contribution in [0.3, 0.4) is 0 Å². The molecular weight excluding hydrogens is 370 g/mol. The SMILES string of the molecule is COc1ccccc1NC(=O)CN(c1ccc(NC(C)=O)cc1)S(C)(=O)=O. The lowest BCUT2D eigenvalue weighted by atomic mass is 10.2. The van der Waals surface area contributed by atoms with Gasteiger partial charge in [-0.1, -0.05) is 12.1 Å². The Balaban J connectivity index is 2.20. The highest BCUT2D eigenvalue weighted by molar-refractivity contribution is 7.92. The molecule has 144 valence electrons. The molecule has 2 N–H and O–H groups in total. The number of sulfonamides is 1. The highest BCUT2D eigenvalue weighted by Crippen LogP contribution is 2.24. The molecule has 0 saturated carbocycles. The van der Waals surface area contributed by atoms with Crippen LogP contribution in [0.4, 0.5) is 17.1 Å². The van der Waals surface area contributed by atoms with Crippen molar-refractivity contribution < 1.29 is 22.7 Å². The fourth-order valence-corrected chi connectivity index (χ4v) is 3.24. The minimum absolute atomic E-state index is 0.237. The molecule has 0 aromatic heterocycles. The van der Waals surface area contributed by atoms with Crippen molar-refractivity contribution in [1.29, 1.82) is 0 Å². The number of anilines is 3. The van der Waals surface area contributed by atoms with E-state index in [0.717, 1.165) is 10.6 Å². The number of ether oxygens (including phenoxy) is 1. The molecule has 0 aliphatic carbocycles. The Morgan fingerprint density at radius 2 is 1.67 bits per heavy atom. The van der Waals surface area contributed by atoms with E-state index in [1.165, 1.54) is 26.2 Å². The van der Waals surface area contributed by atoms with Gasteiger partial charge >= 0.3 is 0 Å². The number of nitrogens with zero attached hydrogens (tertiary/aromatic N) is 1. The van der Waals surface area contributed by atoms with Crippen LogP contribution in [0.15, 0.2) is 48.5 Å². The number of hydrogen-bond donors (Lipinski definition) is 2. The van der Waals surface area contributed by atoms with Crippen LogP contribution in [-0.2, 0) is 19.6 Å². The zero-order valence-electron chi connectivity index (χ0n) is 15.2. The minimum Gasteiger partial charge on any atom is -0.495 e. The molecule has 2 aromatic rings. The average molecular weight is 391 g/mol. The van der Waals surface area contributed by atoms with Gasteiger partial charge in [-0.15, -0.1) is 0 Å². The van der Waals surface area contributed by atoms with Gasteiger partial charge in [-0.2, -0.15) is 0 Å². The van der Waals surface area contributed by atoms with Gasteiger partial charge in [0.15, 0.2) is 0 Å². The van der Waals surface area contributed by atoms with E-state index < -0.39 is 22.5 Å². The predicted octanol–water partition coefficient (Wildman–Crippen LogP) is 2.06. The van der Waals surface area contributed by atoms with Crippen molar-refractivity contribution in [3.63, 3.8) is 0 Å². The van der Waals surface area contributed by atoms with Gasteiger partial charge in [-0.3, -0.25) is 13.9 Å². The number of benzene rings is 2. The number of rotatable bonds is 7. The molecule has 27 heavy (non-hydrogen) atoms. The highest BCUT2D eigenvalue weighted by Gasteiger charge is 2.21. The second kappa shape index (κ2) is 8.54. The van der Waals surface area contributed by atoms with Crippen molar-refractivity contribution in [2.45, 2.75) is 6.92 Å². The Hall–Kier alpha value is -3.07. The summed E-state index contributed by atoms with van der Waals surface area (Å²) in [5.74, 6) is -0.286. The van der Waals surface area contributed by atoms with E-state index >= 15 is 0 Å². The van der Waals surface area contributed by atoms with Crippen LogP contribution >= 0.6 is 0 Å². The molecular formula is C18H21N3O5S. The second-order valence-corrected chi connectivity index (χ2v) is 7.65. The number of para-hydroxylation sites is 2. The van der Waals surface area contributed by atoms with Crippen LogP contribution in [0.25, 0.3) is 0 Å². The first-order valence-corrected chi connectivity index (χ1v) is 9.84. The first-order valence-electron chi connectivity index (χ1n) is 7.99. The standard InChI is InChI=1S/C18H21N3O5S/c1-13(22)19-14-8-10-15(11-9-14)21(27(3,24)25)12-18(23)20-16-6-4-5-7-17(16)26-2/h4-11H,12H2,1-3H3,(H,19,22)(H,20,23). The third-order valence-corrected chi connectivity index (χ3v) is 4.68. The zero-order chi connectivity index (χ0) is 20.0. The molecule has 8 nitrogen and oxygen atoms in total. The summed E-state index contributed by atoms with van der Waals surface area (Å²) in [4.78, 5) is 23.5. The second-order valence-electron chi connectivity index (χ2n) is 5.75. The first kappa shape index (κ1) is 20.2. The lowest BCUT2D eigenvalue weighted by Crippen LogP contribution is -2.37. The molecule has 0 spiro atoms. The zero-order valence-corrected chi connectivity index (χ0v) is 16.0. The van der Waals surface area contributed by atoms with Crippen molar-refractivity contribution in [2.24, 2.45) is 0 Å². The van der Waals surface area contributed by atoms with E-state index in [1.807, 2.05) is 0 Å². The third kappa shape index (κ3) is 5.71. The molecule has 0 fully saturated rings. The number of hydrogen-bond acceptors (Lipinski definition) is 5. The lowest BCUT2D eigenvalue weighted by molar-refractivity contribution is -0.115. The van der Waals surface area contributed by atoms with Crippen LogP contribution in [0.2, 0.25) is 0 Å². The summed E-state index contributed by atoms with van der Waals surface area (Å²) in [6.07, 6.45) is 1.02. The third-order valence-electron chi connectivity index (χ3n) is 3.54. The summed E-state index contributed by atoms with van der Waals surface area (Å²) >= 11 is 0. The van der Waals surface area contributed by atoms with Gasteiger partial charge in [0.1, 0.15) is 12.3 Å². The van der Waals surface area contributed by atoms with Crippen molar-refractivity contribution in [3.8, 4) is 5.75 Å². The molecule has 0 atom stereocenters. The Bertz CT molecular complexity index is 926.